The van der Waals surface area contributed by atoms with Gasteiger partial charge in [0.1, 0.15) is 23.8 Å². The normalized spacial score (nSPS) is 17.4. The van der Waals surface area contributed by atoms with E-state index in [0.29, 0.717) is 36.9 Å². The molecule has 6 rings (SSSR count). The lowest BCUT2D eigenvalue weighted by Crippen LogP contribution is -2.66. The first-order valence-corrected chi connectivity index (χ1v) is 18.3. The molecule has 2 fully saturated rings. The summed E-state index contributed by atoms with van der Waals surface area (Å²) in [6, 6.07) is 17.2. The molecule has 3 aromatic carbocycles. The van der Waals surface area contributed by atoms with Crippen molar-refractivity contribution in [2.75, 3.05) is 52.6 Å². The largest absolute Gasteiger partial charge is 0.412 e. The fourth-order valence-corrected chi connectivity index (χ4v) is 7.40. The number of carbonyl (C=O) groups excluding carboxylic acids is 4. The quantitative estimate of drug-likeness (QED) is 0.186. The number of para-hydroxylation sites is 1. The Bertz CT molecular complexity index is 1940. The highest BCUT2D eigenvalue weighted by molar-refractivity contribution is 7.22. The number of likely N-dealkylation sites (N-methyl/N-ethyl adjacent to an activating group) is 1. The van der Waals surface area contributed by atoms with Gasteiger partial charge in [0.15, 0.2) is 5.13 Å². The standard InChI is InChI=1S/C37H44FN9O5S/c1-4-17-45(36(50)41-20-25-8-12-27(38)13-9-25)46-23-32(48)47-29(19-24-10-14-28(15-11-24)52-37(51)40-16-18-43(2)3)34(49)44(22-31(46)47)21-26-6-5-7-30-33(26)42-35(39)53-30/h5-15,29,31H,4,16-23H2,1-3H3,(H2,39,42)(H,40,51)(H,41,50)/t29-,31+/m0/s1. The van der Waals surface area contributed by atoms with Crippen LogP contribution in [-0.2, 0) is 29.1 Å². The monoisotopic (exact) mass is 745 g/mol. The number of nitrogens with zero attached hydrogens (tertiary/aromatic N) is 6. The number of halogens is 1. The van der Waals surface area contributed by atoms with E-state index in [0.717, 1.165) is 26.9 Å². The Labute approximate surface area is 311 Å². The number of nitrogens with two attached hydrogens (primary N) is 1. The molecule has 0 aliphatic carbocycles. The molecule has 0 bridgehead atoms. The summed E-state index contributed by atoms with van der Waals surface area (Å²) in [4.78, 5) is 64.1. The smallest absolute Gasteiger partial charge is 0.410 e. The van der Waals surface area contributed by atoms with Crippen molar-refractivity contribution in [2.45, 2.75) is 45.1 Å². The van der Waals surface area contributed by atoms with Crippen molar-refractivity contribution < 1.29 is 28.3 Å². The predicted octanol–water partition coefficient (Wildman–Crippen LogP) is 3.63. The van der Waals surface area contributed by atoms with Crippen LogP contribution in [0.25, 0.3) is 10.2 Å². The molecule has 2 saturated heterocycles. The van der Waals surface area contributed by atoms with E-state index >= 15 is 0 Å². The molecule has 0 spiro atoms. The van der Waals surface area contributed by atoms with E-state index in [1.54, 1.807) is 51.2 Å². The lowest BCUT2D eigenvalue weighted by Gasteiger charge is -2.46. The zero-order chi connectivity index (χ0) is 37.6. The number of benzene rings is 3. The van der Waals surface area contributed by atoms with Gasteiger partial charge in [-0.25, -0.2) is 19.0 Å². The summed E-state index contributed by atoms with van der Waals surface area (Å²) in [6.45, 7) is 3.81. The Hall–Kier alpha value is -5.32. The van der Waals surface area contributed by atoms with Crippen LogP contribution in [0.3, 0.4) is 0 Å². The van der Waals surface area contributed by atoms with Crippen LogP contribution in [0.5, 0.6) is 5.75 Å². The molecule has 280 valence electrons. The molecule has 0 radical (unpaired) electrons. The number of ether oxygens (including phenoxy) is 1. The molecule has 3 heterocycles. The topological polar surface area (TPSA) is 157 Å². The van der Waals surface area contributed by atoms with Crippen molar-refractivity contribution in [1.29, 1.82) is 0 Å². The maximum absolute atomic E-state index is 14.4. The van der Waals surface area contributed by atoms with Gasteiger partial charge in [-0.2, -0.15) is 5.01 Å². The summed E-state index contributed by atoms with van der Waals surface area (Å²) in [5.74, 6) is -0.540. The first kappa shape index (κ1) is 37.4. The molecule has 1 aromatic heterocycles. The van der Waals surface area contributed by atoms with Crippen molar-refractivity contribution in [3.63, 3.8) is 0 Å². The second kappa shape index (κ2) is 16.6. The minimum Gasteiger partial charge on any atom is -0.410 e. The number of nitrogens with one attached hydrogen (secondary N) is 2. The SMILES string of the molecule is CCCN(C(=O)NCc1ccc(F)cc1)N1CC(=O)N2[C@@H](Cc3ccc(OC(=O)NCCN(C)C)cc3)C(=O)N(Cc3cccc4sc(N)nc34)C[C@@H]21. The lowest BCUT2D eigenvalue weighted by atomic mass is 9.99. The van der Waals surface area contributed by atoms with Gasteiger partial charge in [0.25, 0.3) is 0 Å². The van der Waals surface area contributed by atoms with E-state index in [4.69, 9.17) is 10.5 Å². The zero-order valence-corrected chi connectivity index (χ0v) is 30.8. The van der Waals surface area contributed by atoms with Crippen LogP contribution in [0.1, 0.15) is 30.0 Å². The molecular weight excluding hydrogens is 702 g/mol. The number of hydrogen-bond acceptors (Lipinski definition) is 10. The minimum atomic E-state index is -0.877. The summed E-state index contributed by atoms with van der Waals surface area (Å²) < 4.78 is 19.8. The van der Waals surface area contributed by atoms with Gasteiger partial charge in [0.2, 0.25) is 11.8 Å². The number of amides is 5. The van der Waals surface area contributed by atoms with Crippen molar-refractivity contribution in [1.82, 2.24) is 40.3 Å². The lowest BCUT2D eigenvalue weighted by molar-refractivity contribution is -0.157. The van der Waals surface area contributed by atoms with Crippen LogP contribution < -0.4 is 21.1 Å². The summed E-state index contributed by atoms with van der Waals surface area (Å²) in [5.41, 5.74) is 9.06. The van der Waals surface area contributed by atoms with Crippen molar-refractivity contribution >= 4 is 50.6 Å². The van der Waals surface area contributed by atoms with Gasteiger partial charge in [-0.15, -0.1) is 0 Å². The third-order valence-electron chi connectivity index (χ3n) is 9.18. The van der Waals surface area contributed by atoms with Gasteiger partial charge in [-0.05, 0) is 67.5 Å². The van der Waals surface area contributed by atoms with Crippen LogP contribution in [0, 0.1) is 5.82 Å². The van der Waals surface area contributed by atoms with E-state index in [9.17, 15) is 23.6 Å². The van der Waals surface area contributed by atoms with Gasteiger partial charge in [-0.3, -0.25) is 14.6 Å². The first-order valence-electron chi connectivity index (χ1n) is 17.5. The molecule has 0 unspecified atom stereocenters. The van der Waals surface area contributed by atoms with Crippen LogP contribution in [0.15, 0.2) is 66.7 Å². The molecule has 4 aromatic rings. The van der Waals surface area contributed by atoms with Crippen LogP contribution in [-0.4, -0.2) is 113 Å². The van der Waals surface area contributed by atoms with Crippen LogP contribution in [0.2, 0.25) is 0 Å². The Kier molecular flexibility index (Phi) is 11.7. The van der Waals surface area contributed by atoms with Gasteiger partial charge in [-0.1, -0.05) is 54.7 Å². The zero-order valence-electron chi connectivity index (χ0n) is 30.0. The Morgan fingerprint density at radius 1 is 1.02 bits per heavy atom. The van der Waals surface area contributed by atoms with Gasteiger partial charge in [0.05, 0.1) is 23.3 Å². The molecule has 16 heteroatoms. The van der Waals surface area contributed by atoms with Crippen molar-refractivity contribution in [3.8, 4) is 5.75 Å². The highest BCUT2D eigenvalue weighted by Gasteiger charge is 2.52. The summed E-state index contributed by atoms with van der Waals surface area (Å²) in [7, 11) is 3.82. The molecular formula is C37H44FN9O5S. The van der Waals surface area contributed by atoms with Crippen molar-refractivity contribution in [2.24, 2.45) is 0 Å². The van der Waals surface area contributed by atoms with Crippen molar-refractivity contribution in [3.05, 3.63) is 89.2 Å². The van der Waals surface area contributed by atoms with Crippen LogP contribution >= 0.6 is 11.3 Å². The number of hydrazine groups is 1. The van der Waals surface area contributed by atoms with Gasteiger partial charge < -0.3 is 35.8 Å². The summed E-state index contributed by atoms with van der Waals surface area (Å²) in [5, 5.41) is 9.32. The molecule has 2 atom stereocenters. The molecule has 0 saturated carbocycles. The second-order valence-electron chi connectivity index (χ2n) is 13.3. The molecule has 5 amide bonds. The van der Waals surface area contributed by atoms with E-state index in [2.05, 4.69) is 15.6 Å². The number of anilines is 1. The molecule has 2 aliphatic heterocycles. The number of hydrogen-bond donors (Lipinski definition) is 3. The van der Waals surface area contributed by atoms with Crippen LogP contribution in [0.4, 0.5) is 19.1 Å². The summed E-state index contributed by atoms with van der Waals surface area (Å²) >= 11 is 1.37. The van der Waals surface area contributed by atoms with E-state index < -0.39 is 24.3 Å². The van der Waals surface area contributed by atoms with Gasteiger partial charge >= 0.3 is 12.1 Å². The number of urea groups is 1. The summed E-state index contributed by atoms with van der Waals surface area (Å²) in [6.07, 6.45) is -0.401. The Morgan fingerprint density at radius 3 is 2.47 bits per heavy atom. The number of carbonyl (C=O) groups is 4. The highest BCUT2D eigenvalue weighted by atomic mass is 32.1. The molecule has 4 N–H and O–H groups in total. The first-order chi connectivity index (χ1) is 25.5. The maximum atomic E-state index is 14.4. The third-order valence-corrected chi connectivity index (χ3v) is 10.0. The number of piperazine rings is 1. The molecule has 53 heavy (non-hydrogen) atoms. The Morgan fingerprint density at radius 2 is 1.75 bits per heavy atom. The second-order valence-corrected chi connectivity index (χ2v) is 14.4. The average molecular weight is 746 g/mol. The third kappa shape index (κ3) is 8.84. The fourth-order valence-electron chi connectivity index (χ4n) is 6.62. The van der Waals surface area contributed by atoms with Gasteiger partial charge in [0, 0.05) is 39.1 Å². The Balaban J connectivity index is 1.25. The number of fused-ring (bicyclic) bond motifs is 2. The number of thiazole rings is 1. The molecule has 2 aliphatic rings. The predicted molar refractivity (Wildman–Crippen MR) is 199 cm³/mol. The number of nitrogen functional groups attached to an aromatic ring is 1. The highest BCUT2D eigenvalue weighted by Crippen LogP contribution is 2.32. The fraction of sp³-hybridized carbons (Fsp3) is 0.378. The number of aromatic nitrogens is 1. The average Bonchev–Trinajstić information content (AvgIpc) is 3.67. The minimum absolute atomic E-state index is 0.0971. The van der Waals surface area contributed by atoms with E-state index in [-0.39, 0.29) is 50.2 Å². The molecule has 14 nitrogen and oxygen atoms in total. The van der Waals surface area contributed by atoms with E-state index in [1.165, 1.54) is 28.5 Å². The number of rotatable bonds is 13. The maximum Gasteiger partial charge on any atom is 0.412 e. The van der Waals surface area contributed by atoms with E-state index in [1.807, 2.05) is 44.1 Å².